The summed E-state index contributed by atoms with van der Waals surface area (Å²) in [6, 6.07) is 9.43. The highest BCUT2D eigenvalue weighted by atomic mass is 19.4. The number of pyridine rings is 1. The second-order valence-corrected chi connectivity index (χ2v) is 7.50. The van der Waals surface area contributed by atoms with Gasteiger partial charge in [-0.2, -0.15) is 13.2 Å². The lowest BCUT2D eigenvalue weighted by molar-refractivity contribution is -0.137. The van der Waals surface area contributed by atoms with Gasteiger partial charge in [0.1, 0.15) is 11.4 Å². The van der Waals surface area contributed by atoms with Crippen LogP contribution in [0.25, 0.3) is 11.0 Å². The van der Waals surface area contributed by atoms with Crippen LogP contribution in [0, 0.1) is 5.92 Å². The van der Waals surface area contributed by atoms with Crippen molar-refractivity contribution in [2.24, 2.45) is 5.92 Å². The van der Waals surface area contributed by atoms with Crippen LogP contribution in [0.1, 0.15) is 42.0 Å². The molecule has 4 nitrogen and oxygen atoms in total. The minimum absolute atomic E-state index is 0.0411. The first-order chi connectivity index (χ1) is 13.9. The number of hydrogen-bond donors (Lipinski definition) is 1. The van der Waals surface area contributed by atoms with Crippen LogP contribution < -0.4 is 4.74 Å². The van der Waals surface area contributed by atoms with Crippen LogP contribution in [0.4, 0.5) is 13.2 Å². The van der Waals surface area contributed by atoms with E-state index in [9.17, 15) is 13.2 Å². The molecule has 1 aromatic carbocycles. The van der Waals surface area contributed by atoms with E-state index in [0.29, 0.717) is 11.7 Å². The number of fused-ring (bicyclic) bond motifs is 1. The summed E-state index contributed by atoms with van der Waals surface area (Å²) in [6.45, 7) is 1.46. The second-order valence-electron chi connectivity index (χ2n) is 7.50. The van der Waals surface area contributed by atoms with Gasteiger partial charge in [-0.05, 0) is 55.0 Å². The molecule has 0 bridgehead atoms. The van der Waals surface area contributed by atoms with Crippen LogP contribution in [0.3, 0.4) is 0 Å². The van der Waals surface area contributed by atoms with Gasteiger partial charge in [0.05, 0.1) is 18.9 Å². The molecule has 1 fully saturated rings. The predicted octanol–water partition coefficient (Wildman–Crippen LogP) is 5.54. The molecule has 154 valence electrons. The molecule has 0 spiro atoms. The first kappa shape index (κ1) is 19.8. The van der Waals surface area contributed by atoms with E-state index in [1.54, 1.807) is 25.4 Å². The number of halogens is 3. The summed E-state index contributed by atoms with van der Waals surface area (Å²) in [5.74, 6) is 1.09. The minimum Gasteiger partial charge on any atom is -0.495 e. The molecule has 0 saturated carbocycles. The normalized spacial score (nSPS) is 16.8. The SMILES string of the molecule is COc1cnc2[nH]c([C@H](CC3CCOCC3)c3ccc(C(F)(F)F)cc3)cc2c1. The molecule has 7 heteroatoms. The van der Waals surface area contributed by atoms with Gasteiger partial charge in [0.25, 0.3) is 0 Å². The number of aromatic amines is 1. The number of methoxy groups -OCH3 is 1. The molecule has 0 amide bonds. The molecule has 3 aromatic rings. The molecule has 4 rings (SSSR count). The lowest BCUT2D eigenvalue weighted by Crippen LogP contribution is -2.19. The van der Waals surface area contributed by atoms with Crippen LogP contribution >= 0.6 is 0 Å². The summed E-state index contributed by atoms with van der Waals surface area (Å²) in [4.78, 5) is 7.75. The van der Waals surface area contributed by atoms with Gasteiger partial charge >= 0.3 is 6.18 Å². The van der Waals surface area contributed by atoms with Crippen molar-refractivity contribution < 1.29 is 22.6 Å². The summed E-state index contributed by atoms with van der Waals surface area (Å²) in [7, 11) is 1.59. The summed E-state index contributed by atoms with van der Waals surface area (Å²) in [6.07, 6.45) is 0.0795. The Morgan fingerprint density at radius 2 is 1.90 bits per heavy atom. The van der Waals surface area contributed by atoms with Gasteiger partial charge in [-0.1, -0.05) is 12.1 Å². The highest BCUT2D eigenvalue weighted by Crippen LogP contribution is 2.37. The first-order valence-corrected chi connectivity index (χ1v) is 9.71. The molecule has 0 unspecified atom stereocenters. The van der Waals surface area contributed by atoms with Crippen molar-refractivity contribution in [2.75, 3.05) is 20.3 Å². The van der Waals surface area contributed by atoms with Crippen molar-refractivity contribution in [1.29, 1.82) is 0 Å². The fraction of sp³-hybridized carbons (Fsp3) is 0.409. The molecule has 1 aliphatic heterocycles. The van der Waals surface area contributed by atoms with Crippen molar-refractivity contribution in [3.05, 3.63) is 59.4 Å². The third-order valence-electron chi connectivity index (χ3n) is 5.63. The van der Waals surface area contributed by atoms with Crippen molar-refractivity contribution in [3.63, 3.8) is 0 Å². The zero-order valence-electron chi connectivity index (χ0n) is 16.1. The second kappa shape index (κ2) is 8.06. The maximum atomic E-state index is 13.0. The van der Waals surface area contributed by atoms with E-state index in [1.807, 2.05) is 12.1 Å². The largest absolute Gasteiger partial charge is 0.495 e. The summed E-state index contributed by atoms with van der Waals surface area (Å²) in [5.41, 5.74) is 1.92. The highest BCUT2D eigenvalue weighted by molar-refractivity contribution is 5.78. The van der Waals surface area contributed by atoms with Crippen molar-refractivity contribution in [3.8, 4) is 5.75 Å². The van der Waals surface area contributed by atoms with Crippen LogP contribution in [-0.2, 0) is 10.9 Å². The molecule has 1 N–H and O–H groups in total. The lowest BCUT2D eigenvalue weighted by Gasteiger charge is -2.27. The van der Waals surface area contributed by atoms with Gasteiger partial charge in [0.15, 0.2) is 0 Å². The molecule has 29 heavy (non-hydrogen) atoms. The summed E-state index contributed by atoms with van der Waals surface area (Å²) >= 11 is 0. The fourth-order valence-corrected chi connectivity index (χ4v) is 3.98. The van der Waals surface area contributed by atoms with E-state index in [1.165, 1.54) is 0 Å². The van der Waals surface area contributed by atoms with Crippen LogP contribution in [-0.4, -0.2) is 30.3 Å². The van der Waals surface area contributed by atoms with E-state index in [4.69, 9.17) is 9.47 Å². The van der Waals surface area contributed by atoms with Crippen LogP contribution in [0.2, 0.25) is 0 Å². The molecule has 1 atom stereocenters. The van der Waals surface area contributed by atoms with E-state index in [0.717, 1.165) is 66.9 Å². The van der Waals surface area contributed by atoms with Gasteiger partial charge in [-0.3, -0.25) is 0 Å². The number of ether oxygens (including phenoxy) is 2. The number of nitrogens with zero attached hydrogens (tertiary/aromatic N) is 1. The Kier molecular flexibility index (Phi) is 5.50. The van der Waals surface area contributed by atoms with E-state index in [2.05, 4.69) is 9.97 Å². The van der Waals surface area contributed by atoms with Crippen LogP contribution in [0.15, 0.2) is 42.6 Å². The third-order valence-corrected chi connectivity index (χ3v) is 5.63. The lowest BCUT2D eigenvalue weighted by atomic mass is 9.83. The van der Waals surface area contributed by atoms with Crippen LogP contribution in [0.5, 0.6) is 5.75 Å². The Morgan fingerprint density at radius 3 is 2.55 bits per heavy atom. The quantitative estimate of drug-likeness (QED) is 0.607. The minimum atomic E-state index is -4.34. The zero-order valence-corrected chi connectivity index (χ0v) is 16.1. The fourth-order valence-electron chi connectivity index (χ4n) is 3.98. The molecular formula is C22H23F3N2O2. The van der Waals surface area contributed by atoms with Crippen molar-refractivity contribution in [1.82, 2.24) is 9.97 Å². The smallest absolute Gasteiger partial charge is 0.416 e. The molecule has 0 radical (unpaired) electrons. The molecule has 0 aliphatic carbocycles. The van der Waals surface area contributed by atoms with Crippen molar-refractivity contribution in [2.45, 2.75) is 31.4 Å². The number of rotatable bonds is 5. The number of H-pyrrole nitrogens is 1. The molecule has 3 heterocycles. The average Bonchev–Trinajstić information content (AvgIpc) is 3.15. The Morgan fingerprint density at radius 1 is 1.17 bits per heavy atom. The predicted molar refractivity (Wildman–Crippen MR) is 104 cm³/mol. The monoisotopic (exact) mass is 404 g/mol. The molecule has 1 aliphatic rings. The van der Waals surface area contributed by atoms with E-state index >= 15 is 0 Å². The Balaban J connectivity index is 1.69. The molecule has 2 aromatic heterocycles. The van der Waals surface area contributed by atoms with Gasteiger partial charge in [0.2, 0.25) is 0 Å². The maximum Gasteiger partial charge on any atom is 0.416 e. The topological polar surface area (TPSA) is 47.1 Å². The number of nitrogens with one attached hydrogen (secondary N) is 1. The molecule has 1 saturated heterocycles. The average molecular weight is 404 g/mol. The van der Waals surface area contributed by atoms with E-state index in [-0.39, 0.29) is 5.92 Å². The third kappa shape index (κ3) is 4.40. The number of alkyl halides is 3. The Hall–Kier alpha value is -2.54. The van der Waals surface area contributed by atoms with Gasteiger partial charge in [-0.25, -0.2) is 4.98 Å². The highest BCUT2D eigenvalue weighted by Gasteiger charge is 2.31. The number of benzene rings is 1. The Labute approximate surface area is 167 Å². The summed E-state index contributed by atoms with van der Waals surface area (Å²) in [5, 5.41) is 0.920. The van der Waals surface area contributed by atoms with E-state index < -0.39 is 11.7 Å². The van der Waals surface area contributed by atoms with Gasteiger partial charge in [0, 0.05) is 30.2 Å². The van der Waals surface area contributed by atoms with Gasteiger partial charge < -0.3 is 14.5 Å². The number of hydrogen-bond acceptors (Lipinski definition) is 3. The summed E-state index contributed by atoms with van der Waals surface area (Å²) < 4.78 is 49.7. The standard InChI is InChI=1S/C22H23F3N2O2/c1-28-18-11-16-12-20(27-21(16)26-13-18)19(10-14-6-8-29-9-7-14)15-2-4-17(5-3-15)22(23,24)25/h2-5,11-14,19H,6-10H2,1H3,(H,26,27)/t19-/m1/s1. The van der Waals surface area contributed by atoms with Crippen molar-refractivity contribution >= 4 is 11.0 Å². The van der Waals surface area contributed by atoms with Gasteiger partial charge in [-0.15, -0.1) is 0 Å². The first-order valence-electron chi connectivity index (χ1n) is 9.71. The number of aromatic nitrogens is 2. The zero-order chi connectivity index (χ0) is 20.4. The Bertz CT molecular complexity index is 960. The molecular weight excluding hydrogens is 381 g/mol. The maximum absolute atomic E-state index is 13.0.